The van der Waals surface area contributed by atoms with E-state index in [0.29, 0.717) is 12.4 Å². The number of rotatable bonds is 7. The first-order chi connectivity index (χ1) is 13.5. The average Bonchev–Trinajstić information content (AvgIpc) is 3.10. The molecule has 3 aromatic rings. The highest BCUT2D eigenvalue weighted by Gasteiger charge is 2.15. The number of urea groups is 1. The van der Waals surface area contributed by atoms with Crippen molar-refractivity contribution in [2.45, 2.75) is 26.5 Å². The summed E-state index contributed by atoms with van der Waals surface area (Å²) in [6, 6.07) is 14.9. The predicted molar refractivity (Wildman–Crippen MR) is 108 cm³/mol. The molecule has 0 atom stereocenters. The SMILES string of the molecule is COc1ccc(-n2cc(-c3ccc(CNC(N)=O)cc3)c(OC(C)C)n2)cc1. The lowest BCUT2D eigenvalue weighted by Crippen LogP contribution is -2.28. The van der Waals surface area contributed by atoms with Gasteiger partial charge in [0, 0.05) is 12.7 Å². The number of benzene rings is 2. The lowest BCUT2D eigenvalue weighted by molar-refractivity contribution is 0.232. The number of primary amides is 1. The number of amides is 2. The molecule has 146 valence electrons. The van der Waals surface area contributed by atoms with Crippen molar-refractivity contribution in [2.24, 2.45) is 5.73 Å². The molecule has 3 rings (SSSR count). The topological polar surface area (TPSA) is 91.4 Å². The van der Waals surface area contributed by atoms with Gasteiger partial charge < -0.3 is 20.5 Å². The highest BCUT2D eigenvalue weighted by Crippen LogP contribution is 2.31. The minimum Gasteiger partial charge on any atom is -0.497 e. The zero-order chi connectivity index (χ0) is 20.1. The molecule has 28 heavy (non-hydrogen) atoms. The molecule has 7 heteroatoms. The first kappa shape index (κ1) is 19.3. The number of hydrogen-bond acceptors (Lipinski definition) is 4. The second-order valence-electron chi connectivity index (χ2n) is 6.57. The van der Waals surface area contributed by atoms with Crippen LogP contribution < -0.4 is 20.5 Å². The van der Waals surface area contributed by atoms with E-state index in [2.05, 4.69) is 10.4 Å². The fraction of sp³-hybridized carbons (Fsp3) is 0.238. The van der Waals surface area contributed by atoms with E-state index < -0.39 is 6.03 Å². The van der Waals surface area contributed by atoms with E-state index >= 15 is 0 Å². The molecule has 0 aliphatic heterocycles. The van der Waals surface area contributed by atoms with Crippen molar-refractivity contribution in [3.05, 3.63) is 60.3 Å². The standard InChI is InChI=1S/C21H24N4O3/c1-14(2)28-20-19(16-6-4-15(5-7-16)12-23-21(22)26)13-25(24-20)17-8-10-18(27-3)11-9-17/h4-11,13-14H,12H2,1-3H3,(H3,22,23,26). The number of methoxy groups -OCH3 is 1. The Bertz CT molecular complexity index is 931. The smallest absolute Gasteiger partial charge is 0.312 e. The molecule has 2 aromatic carbocycles. The van der Waals surface area contributed by atoms with Crippen molar-refractivity contribution >= 4 is 6.03 Å². The van der Waals surface area contributed by atoms with Crippen LogP contribution in [0.4, 0.5) is 4.79 Å². The Kier molecular flexibility index (Phi) is 5.84. The number of carbonyl (C=O) groups is 1. The van der Waals surface area contributed by atoms with Gasteiger partial charge in [0.05, 0.1) is 24.5 Å². The highest BCUT2D eigenvalue weighted by molar-refractivity contribution is 5.72. The lowest BCUT2D eigenvalue weighted by Gasteiger charge is -2.09. The maximum Gasteiger partial charge on any atom is 0.312 e. The molecule has 1 aromatic heterocycles. The highest BCUT2D eigenvalue weighted by atomic mass is 16.5. The molecule has 0 radical (unpaired) electrons. The Morgan fingerprint density at radius 1 is 1.14 bits per heavy atom. The van der Waals surface area contributed by atoms with Gasteiger partial charge in [-0.3, -0.25) is 0 Å². The van der Waals surface area contributed by atoms with Crippen LogP contribution in [-0.4, -0.2) is 29.0 Å². The molecule has 1 heterocycles. The molecule has 0 aliphatic rings. The summed E-state index contributed by atoms with van der Waals surface area (Å²) in [6.07, 6.45) is 1.94. The number of nitrogens with one attached hydrogen (secondary N) is 1. The van der Waals surface area contributed by atoms with Gasteiger partial charge in [0.1, 0.15) is 5.75 Å². The third-order valence-electron chi connectivity index (χ3n) is 4.10. The van der Waals surface area contributed by atoms with Gasteiger partial charge >= 0.3 is 6.03 Å². The minimum absolute atomic E-state index is 0.00277. The Morgan fingerprint density at radius 2 is 1.82 bits per heavy atom. The van der Waals surface area contributed by atoms with Crippen molar-refractivity contribution in [3.8, 4) is 28.4 Å². The van der Waals surface area contributed by atoms with E-state index in [4.69, 9.17) is 15.2 Å². The molecule has 0 spiro atoms. The van der Waals surface area contributed by atoms with Gasteiger partial charge in [-0.05, 0) is 49.2 Å². The van der Waals surface area contributed by atoms with E-state index in [9.17, 15) is 4.79 Å². The Morgan fingerprint density at radius 3 is 2.39 bits per heavy atom. The van der Waals surface area contributed by atoms with Gasteiger partial charge in [0.2, 0.25) is 5.88 Å². The molecular formula is C21H24N4O3. The summed E-state index contributed by atoms with van der Waals surface area (Å²) in [6.45, 7) is 4.32. The normalized spacial score (nSPS) is 10.7. The van der Waals surface area contributed by atoms with Gasteiger partial charge in [-0.1, -0.05) is 24.3 Å². The molecule has 0 fully saturated rings. The van der Waals surface area contributed by atoms with E-state index in [1.807, 2.05) is 68.6 Å². The number of nitrogens with two attached hydrogens (primary N) is 1. The van der Waals surface area contributed by atoms with Crippen LogP contribution in [0.5, 0.6) is 11.6 Å². The fourth-order valence-electron chi connectivity index (χ4n) is 2.72. The Labute approximate surface area is 164 Å². The number of ether oxygens (including phenoxy) is 2. The van der Waals surface area contributed by atoms with Crippen LogP contribution in [0.2, 0.25) is 0 Å². The third kappa shape index (κ3) is 4.62. The summed E-state index contributed by atoms with van der Waals surface area (Å²) in [5.41, 5.74) is 8.84. The van der Waals surface area contributed by atoms with Crippen LogP contribution in [0.25, 0.3) is 16.8 Å². The van der Waals surface area contributed by atoms with Crippen molar-refractivity contribution in [1.82, 2.24) is 15.1 Å². The lowest BCUT2D eigenvalue weighted by atomic mass is 10.1. The van der Waals surface area contributed by atoms with Crippen molar-refractivity contribution in [3.63, 3.8) is 0 Å². The van der Waals surface area contributed by atoms with Crippen molar-refractivity contribution in [1.29, 1.82) is 0 Å². The molecule has 0 aliphatic carbocycles. The molecule has 0 saturated carbocycles. The van der Waals surface area contributed by atoms with Crippen LogP contribution in [-0.2, 0) is 6.54 Å². The molecule has 2 amide bonds. The number of nitrogens with zero attached hydrogens (tertiary/aromatic N) is 2. The summed E-state index contributed by atoms with van der Waals surface area (Å²) in [5, 5.41) is 7.20. The van der Waals surface area contributed by atoms with E-state index in [1.165, 1.54) is 0 Å². The summed E-state index contributed by atoms with van der Waals surface area (Å²) < 4.78 is 12.9. The largest absolute Gasteiger partial charge is 0.497 e. The zero-order valence-corrected chi connectivity index (χ0v) is 16.2. The fourth-order valence-corrected chi connectivity index (χ4v) is 2.72. The number of hydrogen-bond donors (Lipinski definition) is 2. The van der Waals surface area contributed by atoms with E-state index in [1.54, 1.807) is 11.8 Å². The molecule has 0 saturated heterocycles. The van der Waals surface area contributed by atoms with Crippen molar-refractivity contribution in [2.75, 3.05) is 7.11 Å². The molecule has 3 N–H and O–H groups in total. The molecule has 0 bridgehead atoms. The average molecular weight is 380 g/mol. The molecular weight excluding hydrogens is 356 g/mol. The minimum atomic E-state index is -0.544. The second kappa shape index (κ2) is 8.47. The Hall–Kier alpha value is -3.48. The summed E-state index contributed by atoms with van der Waals surface area (Å²) in [5.74, 6) is 1.35. The monoisotopic (exact) mass is 380 g/mol. The first-order valence-corrected chi connectivity index (χ1v) is 8.99. The third-order valence-corrected chi connectivity index (χ3v) is 4.10. The summed E-state index contributed by atoms with van der Waals surface area (Å²) in [7, 11) is 1.64. The van der Waals surface area contributed by atoms with Gasteiger partial charge in [-0.2, -0.15) is 0 Å². The predicted octanol–water partition coefficient (Wildman–Crippen LogP) is 3.50. The van der Waals surface area contributed by atoms with Crippen LogP contribution in [0.3, 0.4) is 0 Å². The first-order valence-electron chi connectivity index (χ1n) is 8.99. The summed E-state index contributed by atoms with van der Waals surface area (Å²) >= 11 is 0. The quantitative estimate of drug-likeness (QED) is 0.656. The van der Waals surface area contributed by atoms with Gasteiger partial charge in [-0.25, -0.2) is 9.48 Å². The van der Waals surface area contributed by atoms with Gasteiger partial charge in [0.25, 0.3) is 0 Å². The van der Waals surface area contributed by atoms with E-state index in [-0.39, 0.29) is 6.10 Å². The van der Waals surface area contributed by atoms with Crippen LogP contribution in [0.1, 0.15) is 19.4 Å². The zero-order valence-electron chi connectivity index (χ0n) is 16.2. The van der Waals surface area contributed by atoms with E-state index in [0.717, 1.165) is 28.1 Å². The second-order valence-corrected chi connectivity index (χ2v) is 6.57. The maximum absolute atomic E-state index is 10.9. The van der Waals surface area contributed by atoms with Crippen LogP contribution >= 0.6 is 0 Å². The number of aromatic nitrogens is 2. The maximum atomic E-state index is 10.9. The molecule has 7 nitrogen and oxygen atoms in total. The molecule has 0 unspecified atom stereocenters. The summed E-state index contributed by atoms with van der Waals surface area (Å²) in [4.78, 5) is 10.9. The van der Waals surface area contributed by atoms with Crippen LogP contribution in [0, 0.1) is 0 Å². The van der Waals surface area contributed by atoms with Crippen LogP contribution in [0.15, 0.2) is 54.7 Å². The Balaban J connectivity index is 1.92. The van der Waals surface area contributed by atoms with Gasteiger partial charge in [-0.15, -0.1) is 5.10 Å². The van der Waals surface area contributed by atoms with Crippen molar-refractivity contribution < 1.29 is 14.3 Å². The number of carbonyl (C=O) groups excluding carboxylic acids is 1. The van der Waals surface area contributed by atoms with Gasteiger partial charge in [0.15, 0.2) is 0 Å².